The largest absolute Gasteiger partial charge is 0.399 e. The van der Waals surface area contributed by atoms with Gasteiger partial charge in [0.2, 0.25) is 0 Å². The number of hydrogen-bond acceptors (Lipinski definition) is 3. The van der Waals surface area contributed by atoms with Crippen molar-refractivity contribution in [3.8, 4) is 0 Å². The Hall–Kier alpha value is -2.07. The molecular weight excluding hydrogens is 262 g/mol. The molecule has 1 aromatic heterocycles. The molecule has 98 valence electrons. The fraction of sp³-hybridized carbons (Fsp3) is 0.143. The van der Waals surface area contributed by atoms with Crippen molar-refractivity contribution in [2.45, 2.75) is 13.8 Å². The number of nitrogens with one attached hydrogen (secondary N) is 1. The molecule has 2 rings (SSSR count). The zero-order chi connectivity index (χ0) is 14.0. The number of nitrogens with zero attached hydrogens (tertiary/aromatic N) is 1. The molecule has 0 bridgehead atoms. The lowest BCUT2D eigenvalue weighted by molar-refractivity contribution is 0.102. The maximum atomic E-state index is 12.1. The Morgan fingerprint density at radius 3 is 2.63 bits per heavy atom. The number of aryl methyl sites for hydroxylation is 2. The van der Waals surface area contributed by atoms with Gasteiger partial charge in [-0.2, -0.15) is 0 Å². The number of rotatable bonds is 2. The van der Waals surface area contributed by atoms with Gasteiger partial charge in [0.15, 0.2) is 0 Å². The Balaban J connectivity index is 2.25. The molecule has 0 saturated heterocycles. The predicted molar refractivity (Wildman–Crippen MR) is 77.5 cm³/mol. The van der Waals surface area contributed by atoms with Crippen molar-refractivity contribution in [3.05, 3.63) is 52.3 Å². The first kappa shape index (κ1) is 13.4. The SMILES string of the molecule is Cc1ccc(NC(=O)c2ccc(N)cc2Cl)c(C)n1. The number of pyridine rings is 1. The van der Waals surface area contributed by atoms with E-state index in [1.807, 2.05) is 26.0 Å². The molecule has 3 N–H and O–H groups in total. The van der Waals surface area contributed by atoms with Gasteiger partial charge in [-0.3, -0.25) is 9.78 Å². The second-order valence-corrected chi connectivity index (χ2v) is 4.69. The Morgan fingerprint density at radius 2 is 2.00 bits per heavy atom. The third-order valence-electron chi connectivity index (χ3n) is 2.71. The molecule has 0 radical (unpaired) electrons. The molecule has 2 aromatic rings. The summed E-state index contributed by atoms with van der Waals surface area (Å²) < 4.78 is 0. The van der Waals surface area contributed by atoms with Crippen molar-refractivity contribution in [1.29, 1.82) is 0 Å². The highest BCUT2D eigenvalue weighted by Gasteiger charge is 2.12. The number of aromatic nitrogens is 1. The second-order valence-electron chi connectivity index (χ2n) is 4.28. The van der Waals surface area contributed by atoms with E-state index in [-0.39, 0.29) is 5.91 Å². The van der Waals surface area contributed by atoms with Gasteiger partial charge in [0, 0.05) is 11.4 Å². The molecule has 0 aliphatic rings. The van der Waals surface area contributed by atoms with Gasteiger partial charge in [0.1, 0.15) is 0 Å². The molecule has 0 spiro atoms. The average molecular weight is 276 g/mol. The Bertz CT molecular complexity index is 641. The van der Waals surface area contributed by atoms with Crippen LogP contribution in [0.15, 0.2) is 30.3 Å². The van der Waals surface area contributed by atoms with E-state index in [1.165, 1.54) is 0 Å². The zero-order valence-corrected chi connectivity index (χ0v) is 11.5. The first-order valence-electron chi connectivity index (χ1n) is 5.78. The number of amides is 1. The quantitative estimate of drug-likeness (QED) is 0.827. The summed E-state index contributed by atoms with van der Waals surface area (Å²) in [5.74, 6) is -0.279. The number of halogens is 1. The molecule has 0 atom stereocenters. The summed E-state index contributed by atoms with van der Waals surface area (Å²) in [4.78, 5) is 16.4. The minimum Gasteiger partial charge on any atom is -0.399 e. The number of carbonyl (C=O) groups excluding carboxylic acids is 1. The molecule has 0 saturated carbocycles. The monoisotopic (exact) mass is 275 g/mol. The van der Waals surface area contributed by atoms with Gasteiger partial charge >= 0.3 is 0 Å². The van der Waals surface area contributed by atoms with Crippen molar-refractivity contribution < 1.29 is 4.79 Å². The van der Waals surface area contributed by atoms with E-state index in [4.69, 9.17) is 17.3 Å². The van der Waals surface area contributed by atoms with Crippen molar-refractivity contribution in [1.82, 2.24) is 4.98 Å². The van der Waals surface area contributed by atoms with E-state index in [0.29, 0.717) is 22.0 Å². The number of hydrogen-bond donors (Lipinski definition) is 2. The highest BCUT2D eigenvalue weighted by atomic mass is 35.5. The molecule has 0 aliphatic heterocycles. The van der Waals surface area contributed by atoms with Gasteiger partial charge < -0.3 is 11.1 Å². The van der Waals surface area contributed by atoms with Crippen LogP contribution < -0.4 is 11.1 Å². The van der Waals surface area contributed by atoms with E-state index < -0.39 is 0 Å². The summed E-state index contributed by atoms with van der Waals surface area (Å²) in [6, 6.07) is 8.45. The van der Waals surface area contributed by atoms with Crippen LogP contribution in [0.1, 0.15) is 21.7 Å². The van der Waals surface area contributed by atoms with Crippen LogP contribution in [0.25, 0.3) is 0 Å². The summed E-state index contributed by atoms with van der Waals surface area (Å²) in [6.07, 6.45) is 0. The van der Waals surface area contributed by atoms with Crippen molar-refractivity contribution in [2.75, 3.05) is 11.1 Å². The highest BCUT2D eigenvalue weighted by Crippen LogP contribution is 2.21. The number of nitrogens with two attached hydrogens (primary N) is 1. The number of carbonyl (C=O) groups is 1. The van der Waals surface area contributed by atoms with Gasteiger partial charge in [-0.25, -0.2) is 0 Å². The molecule has 19 heavy (non-hydrogen) atoms. The van der Waals surface area contributed by atoms with Crippen LogP contribution in [-0.2, 0) is 0 Å². The van der Waals surface area contributed by atoms with Crippen molar-refractivity contribution >= 4 is 28.9 Å². The Kier molecular flexibility index (Phi) is 3.71. The number of anilines is 2. The summed E-state index contributed by atoms with van der Waals surface area (Å²) in [5.41, 5.74) is 8.84. The predicted octanol–water partition coefficient (Wildman–Crippen LogP) is 3.19. The van der Waals surface area contributed by atoms with Crippen LogP contribution in [0.2, 0.25) is 5.02 Å². The van der Waals surface area contributed by atoms with Gasteiger partial charge in [-0.1, -0.05) is 11.6 Å². The molecule has 1 amide bonds. The summed E-state index contributed by atoms with van der Waals surface area (Å²) in [7, 11) is 0. The van der Waals surface area contributed by atoms with Crippen molar-refractivity contribution in [3.63, 3.8) is 0 Å². The fourth-order valence-electron chi connectivity index (χ4n) is 1.72. The molecule has 1 heterocycles. The zero-order valence-electron chi connectivity index (χ0n) is 10.7. The van der Waals surface area contributed by atoms with E-state index in [1.54, 1.807) is 18.2 Å². The normalized spacial score (nSPS) is 10.3. The lowest BCUT2D eigenvalue weighted by atomic mass is 10.2. The standard InChI is InChI=1S/C14H14ClN3O/c1-8-3-6-13(9(2)17-8)18-14(19)11-5-4-10(16)7-12(11)15/h3-7H,16H2,1-2H3,(H,18,19). The maximum Gasteiger partial charge on any atom is 0.257 e. The topological polar surface area (TPSA) is 68.0 Å². The molecule has 0 fully saturated rings. The molecule has 4 nitrogen and oxygen atoms in total. The minimum absolute atomic E-state index is 0.279. The molecular formula is C14H14ClN3O. The highest BCUT2D eigenvalue weighted by molar-refractivity contribution is 6.34. The molecule has 0 aliphatic carbocycles. The number of nitrogen functional groups attached to an aromatic ring is 1. The lowest BCUT2D eigenvalue weighted by Gasteiger charge is -2.09. The first-order valence-corrected chi connectivity index (χ1v) is 6.16. The van der Waals surface area contributed by atoms with E-state index in [2.05, 4.69) is 10.3 Å². The van der Waals surface area contributed by atoms with Gasteiger partial charge in [0.05, 0.1) is 22.0 Å². The second kappa shape index (κ2) is 5.28. The minimum atomic E-state index is -0.279. The third-order valence-corrected chi connectivity index (χ3v) is 3.02. The van der Waals surface area contributed by atoms with Crippen molar-refractivity contribution in [2.24, 2.45) is 0 Å². The van der Waals surface area contributed by atoms with Crippen LogP contribution >= 0.6 is 11.6 Å². The fourth-order valence-corrected chi connectivity index (χ4v) is 2.00. The van der Waals surface area contributed by atoms with E-state index in [9.17, 15) is 4.79 Å². The maximum absolute atomic E-state index is 12.1. The smallest absolute Gasteiger partial charge is 0.257 e. The van der Waals surface area contributed by atoms with Gasteiger partial charge in [-0.05, 0) is 44.2 Å². The molecule has 5 heteroatoms. The summed E-state index contributed by atoms with van der Waals surface area (Å²) in [5, 5.41) is 3.12. The number of benzene rings is 1. The summed E-state index contributed by atoms with van der Waals surface area (Å²) in [6.45, 7) is 3.74. The van der Waals surface area contributed by atoms with Crippen LogP contribution in [0.3, 0.4) is 0 Å². The first-order chi connectivity index (χ1) is 8.97. The van der Waals surface area contributed by atoms with Gasteiger partial charge in [0.25, 0.3) is 5.91 Å². The lowest BCUT2D eigenvalue weighted by Crippen LogP contribution is -2.14. The van der Waals surface area contributed by atoms with Crippen LogP contribution in [0.4, 0.5) is 11.4 Å². The summed E-state index contributed by atoms with van der Waals surface area (Å²) >= 11 is 6.00. The van der Waals surface area contributed by atoms with Gasteiger partial charge in [-0.15, -0.1) is 0 Å². The molecule has 1 aromatic carbocycles. The Morgan fingerprint density at radius 1 is 1.26 bits per heavy atom. The van der Waals surface area contributed by atoms with Crippen LogP contribution in [-0.4, -0.2) is 10.9 Å². The Labute approximate surface area is 116 Å². The molecule has 0 unspecified atom stereocenters. The average Bonchev–Trinajstić information content (AvgIpc) is 2.32. The van der Waals surface area contributed by atoms with Crippen LogP contribution in [0.5, 0.6) is 0 Å². The van der Waals surface area contributed by atoms with E-state index in [0.717, 1.165) is 11.4 Å². The van der Waals surface area contributed by atoms with E-state index >= 15 is 0 Å². The van der Waals surface area contributed by atoms with Crippen LogP contribution in [0, 0.1) is 13.8 Å². The third kappa shape index (κ3) is 3.03.